The van der Waals surface area contributed by atoms with Crippen LogP contribution >= 0.6 is 0 Å². The highest BCUT2D eigenvalue weighted by atomic mass is 19.4. The predicted octanol–water partition coefficient (Wildman–Crippen LogP) is 4.82. The summed E-state index contributed by atoms with van der Waals surface area (Å²) in [6.07, 6.45) is -2.90. The van der Waals surface area contributed by atoms with Gasteiger partial charge in [0.15, 0.2) is 23.2 Å². The summed E-state index contributed by atoms with van der Waals surface area (Å²) >= 11 is 0. The molecule has 180 valence electrons. The van der Waals surface area contributed by atoms with E-state index in [0.29, 0.717) is 29.5 Å². The third-order valence-corrected chi connectivity index (χ3v) is 6.60. The average Bonchev–Trinajstić information content (AvgIpc) is 3.22. The molecule has 0 radical (unpaired) electrons. The second-order valence-corrected chi connectivity index (χ2v) is 8.95. The number of hydrogen-bond donors (Lipinski definition) is 1. The number of carbonyl (C=O) groups excluding carboxylic acids is 1. The van der Waals surface area contributed by atoms with Gasteiger partial charge in [0.1, 0.15) is 5.82 Å². The van der Waals surface area contributed by atoms with Crippen molar-refractivity contribution in [3.8, 4) is 11.5 Å². The Kier molecular flexibility index (Phi) is 6.20. The van der Waals surface area contributed by atoms with Gasteiger partial charge in [-0.25, -0.2) is 4.68 Å². The minimum Gasteiger partial charge on any atom is -0.493 e. The molecule has 2 aliphatic rings. The van der Waals surface area contributed by atoms with Crippen LogP contribution in [0.25, 0.3) is 0 Å². The van der Waals surface area contributed by atoms with Gasteiger partial charge in [-0.15, -0.1) is 0 Å². The van der Waals surface area contributed by atoms with E-state index in [1.807, 2.05) is 6.92 Å². The number of nitrogens with one attached hydrogen (secondary N) is 1. The van der Waals surface area contributed by atoms with Gasteiger partial charge in [-0.2, -0.15) is 18.3 Å². The molecule has 1 N–H and O–H groups in total. The fraction of sp³-hybridized carbons (Fsp3) is 0.565. The lowest BCUT2D eigenvalue weighted by molar-refractivity contribution is -0.173. The average molecular weight is 467 g/mol. The molecule has 1 saturated heterocycles. The molecule has 0 saturated carbocycles. The minimum absolute atomic E-state index is 0.0262. The molecule has 3 heterocycles. The predicted molar refractivity (Wildman–Crippen MR) is 117 cm³/mol. The maximum Gasteiger partial charge on any atom is 0.410 e. The Morgan fingerprint density at radius 1 is 1.12 bits per heavy atom. The molecule has 2 aliphatic heterocycles. The molecular weight excluding hydrogens is 437 g/mol. The van der Waals surface area contributed by atoms with Crippen LogP contribution in [-0.4, -0.2) is 53.6 Å². The lowest BCUT2D eigenvalue weighted by Gasteiger charge is -2.36. The van der Waals surface area contributed by atoms with Crippen LogP contribution in [0.2, 0.25) is 0 Å². The third-order valence-electron chi connectivity index (χ3n) is 6.60. The Bertz CT molecular complexity index is 1020. The number of carbonyl (C=O) groups is 1. The number of methoxy groups -OCH3 is 2. The second kappa shape index (κ2) is 8.79. The molecule has 0 spiro atoms. The molecule has 2 aromatic rings. The van der Waals surface area contributed by atoms with Crippen LogP contribution in [0.1, 0.15) is 61.2 Å². The van der Waals surface area contributed by atoms with Crippen LogP contribution in [0.3, 0.4) is 0 Å². The van der Waals surface area contributed by atoms with Crippen LogP contribution in [0.4, 0.5) is 19.0 Å². The lowest BCUT2D eigenvalue weighted by Crippen LogP contribution is -2.45. The number of likely N-dealkylation sites (tertiary alicyclic amines) is 1. The molecule has 4 rings (SSSR count). The van der Waals surface area contributed by atoms with Crippen molar-refractivity contribution in [2.75, 3.05) is 26.1 Å². The van der Waals surface area contributed by atoms with E-state index >= 15 is 0 Å². The standard InChI is InChI=1S/C23H29F3N4O3/c1-13-5-6-14(2)29(12-13)22(31)17-11-21-27-16(10-20(23(24,25)26)30(21)28-17)15-7-8-18(32-3)19(9-15)33-4/h7-9,11,13-14,16,20,27H,5-6,10,12H2,1-4H3/t13-,14-,16-,20+/m0/s1. The zero-order valence-electron chi connectivity index (χ0n) is 19.1. The Morgan fingerprint density at radius 2 is 1.85 bits per heavy atom. The van der Waals surface area contributed by atoms with Gasteiger partial charge in [0.05, 0.1) is 20.3 Å². The van der Waals surface area contributed by atoms with Crippen molar-refractivity contribution in [3.05, 3.63) is 35.5 Å². The summed E-state index contributed by atoms with van der Waals surface area (Å²) in [5.74, 6) is 1.11. The molecule has 1 aromatic heterocycles. The molecule has 1 amide bonds. The van der Waals surface area contributed by atoms with E-state index in [1.54, 1.807) is 23.1 Å². The van der Waals surface area contributed by atoms with E-state index in [4.69, 9.17) is 9.47 Å². The van der Waals surface area contributed by atoms with Crippen molar-refractivity contribution < 1.29 is 27.4 Å². The molecule has 1 aromatic carbocycles. The molecule has 1 fully saturated rings. The number of anilines is 1. The Labute approximate surface area is 190 Å². The van der Waals surface area contributed by atoms with E-state index in [2.05, 4.69) is 17.3 Å². The number of fused-ring (bicyclic) bond motifs is 1. The highest BCUT2D eigenvalue weighted by Crippen LogP contribution is 2.44. The van der Waals surface area contributed by atoms with Crippen molar-refractivity contribution in [3.63, 3.8) is 0 Å². The molecule has 0 bridgehead atoms. The number of halogens is 3. The SMILES string of the molecule is COc1ccc([C@@H]2C[C@H](C(F)(F)F)n3nc(C(=O)N4C[C@@H](C)CC[C@@H]4C)cc3N2)cc1OC. The van der Waals surface area contributed by atoms with Crippen LogP contribution in [0.5, 0.6) is 11.5 Å². The normalized spacial score (nSPS) is 25.2. The number of nitrogens with zero attached hydrogens (tertiary/aromatic N) is 3. The van der Waals surface area contributed by atoms with Crippen molar-refractivity contribution in [2.45, 2.75) is 57.4 Å². The van der Waals surface area contributed by atoms with E-state index in [9.17, 15) is 18.0 Å². The van der Waals surface area contributed by atoms with Gasteiger partial charge in [0.25, 0.3) is 5.91 Å². The number of benzene rings is 1. The van der Waals surface area contributed by atoms with Crippen molar-refractivity contribution in [2.24, 2.45) is 5.92 Å². The number of hydrogen-bond acceptors (Lipinski definition) is 5. The van der Waals surface area contributed by atoms with Crippen molar-refractivity contribution in [1.29, 1.82) is 0 Å². The maximum atomic E-state index is 14.0. The fourth-order valence-corrected chi connectivity index (χ4v) is 4.68. The van der Waals surface area contributed by atoms with Gasteiger partial charge in [-0.05, 0) is 43.4 Å². The highest BCUT2D eigenvalue weighted by Gasteiger charge is 2.47. The topological polar surface area (TPSA) is 68.6 Å². The number of ether oxygens (including phenoxy) is 2. The van der Waals surface area contributed by atoms with E-state index in [-0.39, 0.29) is 29.9 Å². The minimum atomic E-state index is -4.52. The molecular formula is C23H29F3N4O3. The van der Waals surface area contributed by atoms with Gasteiger partial charge < -0.3 is 19.7 Å². The molecule has 0 unspecified atom stereocenters. The van der Waals surface area contributed by atoms with Crippen molar-refractivity contribution >= 4 is 11.7 Å². The first-order valence-electron chi connectivity index (χ1n) is 11.1. The first kappa shape index (κ1) is 23.3. The first-order chi connectivity index (χ1) is 15.6. The summed E-state index contributed by atoms with van der Waals surface area (Å²) in [5, 5.41) is 7.26. The molecule has 33 heavy (non-hydrogen) atoms. The number of aromatic nitrogens is 2. The molecule has 0 aliphatic carbocycles. The summed E-state index contributed by atoms with van der Waals surface area (Å²) in [7, 11) is 2.97. The fourth-order valence-electron chi connectivity index (χ4n) is 4.68. The van der Waals surface area contributed by atoms with Gasteiger partial charge in [-0.1, -0.05) is 13.0 Å². The Hall–Kier alpha value is -2.91. The monoisotopic (exact) mass is 466 g/mol. The quantitative estimate of drug-likeness (QED) is 0.700. The molecule has 7 nitrogen and oxygen atoms in total. The van der Waals surface area contributed by atoms with E-state index in [0.717, 1.165) is 17.5 Å². The summed E-state index contributed by atoms with van der Waals surface area (Å²) in [5.41, 5.74) is 0.654. The van der Waals surface area contributed by atoms with Crippen LogP contribution in [-0.2, 0) is 0 Å². The largest absolute Gasteiger partial charge is 0.493 e. The number of rotatable bonds is 4. The van der Waals surface area contributed by atoms with Gasteiger partial charge in [-0.3, -0.25) is 4.79 Å². The van der Waals surface area contributed by atoms with Gasteiger partial charge in [0.2, 0.25) is 0 Å². The maximum absolute atomic E-state index is 14.0. The lowest BCUT2D eigenvalue weighted by atomic mass is 9.95. The smallest absolute Gasteiger partial charge is 0.410 e. The third kappa shape index (κ3) is 4.47. The van der Waals surface area contributed by atoms with Crippen molar-refractivity contribution in [1.82, 2.24) is 14.7 Å². The summed E-state index contributed by atoms with van der Waals surface area (Å²) < 4.78 is 53.5. The number of piperidine rings is 1. The molecule has 4 atom stereocenters. The Balaban J connectivity index is 1.67. The van der Waals surface area contributed by atoms with Gasteiger partial charge in [0, 0.05) is 25.1 Å². The van der Waals surface area contributed by atoms with E-state index < -0.39 is 18.3 Å². The van der Waals surface area contributed by atoms with E-state index in [1.165, 1.54) is 20.3 Å². The summed E-state index contributed by atoms with van der Waals surface area (Å²) in [6, 6.07) is 4.00. The highest BCUT2D eigenvalue weighted by molar-refractivity contribution is 5.93. The zero-order valence-corrected chi connectivity index (χ0v) is 19.1. The second-order valence-electron chi connectivity index (χ2n) is 8.95. The molecule has 10 heteroatoms. The number of amides is 1. The van der Waals surface area contributed by atoms with Crippen LogP contribution < -0.4 is 14.8 Å². The van der Waals surface area contributed by atoms with Gasteiger partial charge >= 0.3 is 6.18 Å². The summed E-state index contributed by atoms with van der Waals surface area (Å²) in [6.45, 7) is 4.61. The summed E-state index contributed by atoms with van der Waals surface area (Å²) in [4.78, 5) is 14.9. The Morgan fingerprint density at radius 3 is 2.52 bits per heavy atom. The van der Waals surface area contributed by atoms with Crippen LogP contribution in [0, 0.1) is 5.92 Å². The van der Waals surface area contributed by atoms with Crippen LogP contribution in [0.15, 0.2) is 24.3 Å². The first-order valence-corrected chi connectivity index (χ1v) is 11.1. The number of alkyl halides is 3. The zero-order chi connectivity index (χ0) is 23.9.